The molecule has 4 nitrogen and oxygen atoms in total. The number of hydrogen-bond donors (Lipinski definition) is 1. The van der Waals surface area contributed by atoms with Gasteiger partial charge in [-0.2, -0.15) is 0 Å². The molecule has 0 aromatic carbocycles. The maximum atomic E-state index is 12.5. The van der Waals surface area contributed by atoms with Gasteiger partial charge in [0, 0.05) is 17.8 Å². The summed E-state index contributed by atoms with van der Waals surface area (Å²) in [5.41, 5.74) is 2.64. The van der Waals surface area contributed by atoms with E-state index in [1.807, 2.05) is 6.92 Å². The van der Waals surface area contributed by atoms with Crippen molar-refractivity contribution < 1.29 is 14.3 Å². The zero-order valence-electron chi connectivity index (χ0n) is 14.4. The average Bonchev–Trinajstić information content (AvgIpc) is 2.82. The van der Waals surface area contributed by atoms with Crippen LogP contribution in [0, 0.1) is 6.92 Å². The van der Waals surface area contributed by atoms with Crippen LogP contribution in [0.2, 0.25) is 0 Å². The Morgan fingerprint density at radius 3 is 2.27 bits per heavy atom. The highest BCUT2D eigenvalue weighted by Crippen LogP contribution is 2.24. The molecule has 22 heavy (non-hydrogen) atoms. The van der Waals surface area contributed by atoms with Crippen molar-refractivity contribution in [2.24, 2.45) is 0 Å². The molecule has 0 aliphatic rings. The number of aryl methyl sites for hydroxylation is 2. The fraction of sp³-hybridized carbons (Fsp3) is 0.667. The fourth-order valence-electron chi connectivity index (χ4n) is 2.67. The number of H-pyrrole nitrogens is 1. The van der Waals surface area contributed by atoms with Crippen LogP contribution in [-0.4, -0.2) is 23.3 Å². The number of aromatic amines is 1. The van der Waals surface area contributed by atoms with Crippen LogP contribution < -0.4 is 0 Å². The SMILES string of the molecule is CCCCCC(=O)c1c(C)[nH]c(CCCC)c1C(=O)OCC. The van der Waals surface area contributed by atoms with Crippen LogP contribution in [0.25, 0.3) is 0 Å². The maximum absolute atomic E-state index is 12.5. The Hall–Kier alpha value is -1.58. The van der Waals surface area contributed by atoms with Crippen molar-refractivity contribution >= 4 is 11.8 Å². The Kier molecular flexibility index (Phi) is 7.92. The Bertz CT molecular complexity index is 503. The minimum Gasteiger partial charge on any atom is -0.462 e. The molecule has 1 aromatic heterocycles. The van der Waals surface area contributed by atoms with E-state index in [9.17, 15) is 9.59 Å². The van der Waals surface area contributed by atoms with Crippen molar-refractivity contribution in [1.82, 2.24) is 4.98 Å². The summed E-state index contributed by atoms with van der Waals surface area (Å²) in [5.74, 6) is -0.329. The molecule has 1 rings (SSSR count). The number of aromatic nitrogens is 1. The van der Waals surface area contributed by atoms with Crippen LogP contribution >= 0.6 is 0 Å². The largest absolute Gasteiger partial charge is 0.462 e. The normalized spacial score (nSPS) is 10.7. The van der Waals surface area contributed by atoms with Gasteiger partial charge in [-0.3, -0.25) is 4.79 Å². The number of unbranched alkanes of at least 4 members (excludes halogenated alkanes) is 3. The lowest BCUT2D eigenvalue weighted by Crippen LogP contribution is -2.12. The monoisotopic (exact) mass is 307 g/mol. The van der Waals surface area contributed by atoms with Gasteiger partial charge in [0.2, 0.25) is 0 Å². The number of carbonyl (C=O) groups is 2. The van der Waals surface area contributed by atoms with Crippen molar-refractivity contribution in [3.05, 3.63) is 22.5 Å². The molecule has 0 bridgehead atoms. The molecular formula is C18H29NO3. The first-order valence-electron chi connectivity index (χ1n) is 8.48. The summed E-state index contributed by atoms with van der Waals surface area (Å²) < 4.78 is 5.17. The molecule has 0 saturated carbocycles. The quantitative estimate of drug-likeness (QED) is 0.390. The number of carbonyl (C=O) groups excluding carboxylic acids is 2. The second-order valence-corrected chi connectivity index (χ2v) is 5.68. The third kappa shape index (κ3) is 4.72. The molecule has 0 unspecified atom stereocenters. The van der Waals surface area contributed by atoms with Gasteiger partial charge < -0.3 is 9.72 Å². The first kappa shape index (κ1) is 18.5. The number of ether oxygens (including phenoxy) is 1. The first-order chi connectivity index (χ1) is 10.6. The molecule has 4 heteroatoms. The zero-order chi connectivity index (χ0) is 16.5. The van der Waals surface area contributed by atoms with Gasteiger partial charge in [-0.15, -0.1) is 0 Å². The smallest absolute Gasteiger partial charge is 0.340 e. The average molecular weight is 307 g/mol. The Morgan fingerprint density at radius 1 is 1.00 bits per heavy atom. The van der Waals surface area contributed by atoms with Gasteiger partial charge in [0.05, 0.1) is 17.7 Å². The molecule has 1 heterocycles. The predicted octanol–water partition coefficient (Wildman–Crippen LogP) is 4.61. The molecule has 1 aromatic rings. The third-order valence-electron chi connectivity index (χ3n) is 3.81. The van der Waals surface area contributed by atoms with E-state index in [4.69, 9.17) is 4.74 Å². The summed E-state index contributed by atoms with van der Waals surface area (Å²) in [4.78, 5) is 28.1. The van der Waals surface area contributed by atoms with Crippen molar-refractivity contribution in [2.75, 3.05) is 6.61 Å². The van der Waals surface area contributed by atoms with Crippen molar-refractivity contribution in [3.8, 4) is 0 Å². The number of esters is 1. The summed E-state index contributed by atoms with van der Waals surface area (Å²) in [6, 6.07) is 0. The van der Waals surface area contributed by atoms with Crippen LogP contribution in [0.5, 0.6) is 0 Å². The molecule has 0 aliphatic heterocycles. The van der Waals surface area contributed by atoms with E-state index in [0.29, 0.717) is 24.2 Å². The number of Topliss-reactive ketones (excluding diaryl/α,β-unsaturated/α-hetero) is 1. The number of hydrogen-bond acceptors (Lipinski definition) is 3. The minimum atomic E-state index is -0.378. The molecule has 124 valence electrons. The maximum Gasteiger partial charge on any atom is 0.340 e. The molecule has 0 saturated heterocycles. The lowest BCUT2D eigenvalue weighted by molar-refractivity contribution is 0.0522. The predicted molar refractivity (Wildman–Crippen MR) is 88.6 cm³/mol. The second kappa shape index (κ2) is 9.44. The summed E-state index contributed by atoms with van der Waals surface area (Å²) in [6.45, 7) is 8.19. The topological polar surface area (TPSA) is 59.2 Å². The zero-order valence-corrected chi connectivity index (χ0v) is 14.4. The van der Waals surface area contributed by atoms with Crippen LogP contribution in [-0.2, 0) is 11.2 Å². The van der Waals surface area contributed by atoms with E-state index in [1.54, 1.807) is 6.92 Å². The van der Waals surface area contributed by atoms with Crippen LogP contribution in [0.1, 0.15) is 91.4 Å². The molecule has 0 atom stereocenters. The standard InChI is InChI=1S/C18H29NO3/c1-5-8-10-12-15(20)16-13(4)19-14(11-9-6-2)17(16)18(21)22-7-3/h19H,5-12H2,1-4H3. The second-order valence-electron chi connectivity index (χ2n) is 5.68. The molecule has 0 aliphatic carbocycles. The van der Waals surface area contributed by atoms with Crippen LogP contribution in [0.3, 0.4) is 0 Å². The van der Waals surface area contributed by atoms with E-state index in [-0.39, 0.29) is 11.8 Å². The van der Waals surface area contributed by atoms with Gasteiger partial charge in [-0.1, -0.05) is 33.1 Å². The van der Waals surface area contributed by atoms with E-state index in [0.717, 1.165) is 49.9 Å². The van der Waals surface area contributed by atoms with Gasteiger partial charge in [0.1, 0.15) is 0 Å². The van der Waals surface area contributed by atoms with E-state index >= 15 is 0 Å². The van der Waals surface area contributed by atoms with Gasteiger partial charge >= 0.3 is 5.97 Å². The Labute approximate surface area is 133 Å². The lowest BCUT2D eigenvalue weighted by atomic mass is 9.99. The summed E-state index contributed by atoms with van der Waals surface area (Å²) in [5, 5.41) is 0. The van der Waals surface area contributed by atoms with Gasteiger partial charge in [0.25, 0.3) is 0 Å². The fourth-order valence-corrected chi connectivity index (χ4v) is 2.67. The van der Waals surface area contributed by atoms with E-state index in [1.165, 1.54) is 0 Å². The number of nitrogens with one attached hydrogen (secondary N) is 1. The highest BCUT2D eigenvalue weighted by molar-refractivity contribution is 6.08. The number of rotatable bonds is 10. The molecular weight excluding hydrogens is 278 g/mol. The third-order valence-corrected chi connectivity index (χ3v) is 3.81. The molecule has 0 amide bonds. The van der Waals surface area contributed by atoms with Gasteiger partial charge in [-0.05, 0) is 33.1 Å². The van der Waals surface area contributed by atoms with Gasteiger partial charge in [0.15, 0.2) is 5.78 Å². The molecule has 0 radical (unpaired) electrons. The summed E-state index contributed by atoms with van der Waals surface area (Å²) in [7, 11) is 0. The summed E-state index contributed by atoms with van der Waals surface area (Å²) >= 11 is 0. The van der Waals surface area contributed by atoms with E-state index in [2.05, 4.69) is 18.8 Å². The first-order valence-corrected chi connectivity index (χ1v) is 8.48. The molecule has 0 spiro atoms. The van der Waals surface area contributed by atoms with Gasteiger partial charge in [-0.25, -0.2) is 4.79 Å². The molecule has 1 N–H and O–H groups in total. The van der Waals surface area contributed by atoms with Crippen molar-refractivity contribution in [1.29, 1.82) is 0 Å². The molecule has 0 fully saturated rings. The highest BCUT2D eigenvalue weighted by atomic mass is 16.5. The van der Waals surface area contributed by atoms with Crippen molar-refractivity contribution in [2.45, 2.75) is 72.6 Å². The Morgan fingerprint density at radius 2 is 1.68 bits per heavy atom. The highest BCUT2D eigenvalue weighted by Gasteiger charge is 2.26. The van der Waals surface area contributed by atoms with Crippen molar-refractivity contribution in [3.63, 3.8) is 0 Å². The minimum absolute atomic E-state index is 0.0491. The van der Waals surface area contributed by atoms with Crippen LogP contribution in [0.15, 0.2) is 0 Å². The number of ketones is 1. The van der Waals surface area contributed by atoms with E-state index < -0.39 is 0 Å². The van der Waals surface area contributed by atoms with Crippen LogP contribution in [0.4, 0.5) is 0 Å². The Balaban J connectivity index is 3.09. The lowest BCUT2D eigenvalue weighted by Gasteiger charge is -2.07. The summed E-state index contributed by atoms with van der Waals surface area (Å²) in [6.07, 6.45) is 6.26.